The summed E-state index contributed by atoms with van der Waals surface area (Å²) < 4.78 is 0. The van der Waals surface area contributed by atoms with Crippen LogP contribution < -0.4 is 5.32 Å². The molecule has 1 saturated heterocycles. The van der Waals surface area contributed by atoms with Crippen LogP contribution in [0, 0.1) is 5.92 Å². The van der Waals surface area contributed by atoms with Gasteiger partial charge >= 0.3 is 12.0 Å². The number of carbonyl (C=O) groups excluding carboxylic acids is 1. The van der Waals surface area contributed by atoms with Crippen LogP contribution in [0.2, 0.25) is 0 Å². The van der Waals surface area contributed by atoms with Gasteiger partial charge in [-0.05, 0) is 32.9 Å². The van der Waals surface area contributed by atoms with Crippen LogP contribution in [-0.2, 0) is 4.79 Å². The molecule has 3 atom stereocenters. The van der Waals surface area contributed by atoms with E-state index >= 15 is 0 Å². The van der Waals surface area contributed by atoms with Crippen LogP contribution in [-0.4, -0.2) is 66.2 Å². The number of hydrogen-bond donors (Lipinski definition) is 2. The highest BCUT2D eigenvalue weighted by molar-refractivity contribution is 5.76. The Morgan fingerprint density at radius 2 is 2.15 bits per heavy atom. The van der Waals surface area contributed by atoms with Crippen LogP contribution in [0.15, 0.2) is 12.2 Å². The predicted molar refractivity (Wildman–Crippen MR) is 75.5 cm³/mol. The molecule has 2 N–H and O–H groups in total. The lowest BCUT2D eigenvalue weighted by Gasteiger charge is -2.36. The van der Waals surface area contributed by atoms with Crippen LogP contribution in [0.5, 0.6) is 0 Å². The second kappa shape index (κ2) is 6.26. The molecule has 20 heavy (non-hydrogen) atoms. The molecule has 0 aromatic rings. The topological polar surface area (TPSA) is 72.9 Å². The third-order valence-corrected chi connectivity index (χ3v) is 4.18. The molecule has 0 spiro atoms. The van der Waals surface area contributed by atoms with Gasteiger partial charge in [0.1, 0.15) is 0 Å². The van der Waals surface area contributed by atoms with Gasteiger partial charge in [0.2, 0.25) is 0 Å². The van der Waals surface area contributed by atoms with E-state index in [9.17, 15) is 9.59 Å². The Morgan fingerprint density at radius 1 is 1.40 bits per heavy atom. The van der Waals surface area contributed by atoms with E-state index in [1.54, 1.807) is 17.1 Å². The summed E-state index contributed by atoms with van der Waals surface area (Å²) in [4.78, 5) is 27.0. The number of likely N-dealkylation sites (N-methyl/N-ethyl adjacent to an activating group) is 2. The molecule has 2 rings (SSSR count). The first kappa shape index (κ1) is 14.8. The molecule has 6 nitrogen and oxygen atoms in total. The maximum Gasteiger partial charge on any atom is 0.317 e. The van der Waals surface area contributed by atoms with Crippen molar-refractivity contribution in [1.82, 2.24) is 15.1 Å². The van der Waals surface area contributed by atoms with E-state index in [1.807, 2.05) is 7.05 Å². The first-order valence-electron chi connectivity index (χ1n) is 7.10. The maximum atomic E-state index is 12.2. The molecule has 2 aliphatic rings. The fraction of sp³-hybridized carbons (Fsp3) is 0.714. The number of likely N-dealkylation sites (tertiary alicyclic amines) is 1. The van der Waals surface area contributed by atoms with Gasteiger partial charge in [-0.3, -0.25) is 4.79 Å². The van der Waals surface area contributed by atoms with E-state index in [-0.39, 0.29) is 18.1 Å². The van der Waals surface area contributed by atoms with E-state index in [1.165, 1.54) is 0 Å². The van der Waals surface area contributed by atoms with Crippen molar-refractivity contribution in [3.05, 3.63) is 12.2 Å². The number of carbonyl (C=O) groups is 2. The number of hydrogen-bond acceptors (Lipinski definition) is 3. The molecule has 1 fully saturated rings. The minimum absolute atomic E-state index is 0.119. The van der Waals surface area contributed by atoms with Gasteiger partial charge in [0, 0.05) is 19.6 Å². The number of nitrogens with one attached hydrogen (secondary N) is 1. The molecule has 0 bridgehead atoms. The van der Waals surface area contributed by atoms with Gasteiger partial charge in [0.25, 0.3) is 0 Å². The van der Waals surface area contributed by atoms with Crippen LogP contribution in [0.3, 0.4) is 0 Å². The first-order valence-corrected chi connectivity index (χ1v) is 7.10. The summed E-state index contributed by atoms with van der Waals surface area (Å²) in [6, 6.07) is -0.0623. The lowest BCUT2D eigenvalue weighted by atomic mass is 10.1. The van der Waals surface area contributed by atoms with Crippen molar-refractivity contribution in [2.24, 2.45) is 5.92 Å². The van der Waals surface area contributed by atoms with Gasteiger partial charge in [-0.1, -0.05) is 12.2 Å². The zero-order chi connectivity index (χ0) is 14.7. The number of nitrogens with zero attached hydrogens (tertiary/aromatic N) is 2. The van der Waals surface area contributed by atoms with E-state index in [2.05, 4.69) is 17.3 Å². The van der Waals surface area contributed by atoms with Crippen molar-refractivity contribution in [3.8, 4) is 0 Å². The number of carboxylic acid groups (broad SMARTS) is 1. The lowest BCUT2D eigenvalue weighted by molar-refractivity contribution is -0.140. The molecule has 1 aliphatic heterocycles. The Kier molecular flexibility index (Phi) is 4.65. The first-order chi connectivity index (χ1) is 9.47. The summed E-state index contributed by atoms with van der Waals surface area (Å²) in [5.41, 5.74) is 0. The molecule has 2 amide bonds. The summed E-state index contributed by atoms with van der Waals surface area (Å²) in [5, 5.41) is 11.8. The van der Waals surface area contributed by atoms with E-state index in [0.29, 0.717) is 6.42 Å². The third-order valence-electron chi connectivity index (χ3n) is 4.18. The highest BCUT2D eigenvalue weighted by Crippen LogP contribution is 2.19. The van der Waals surface area contributed by atoms with Crippen molar-refractivity contribution in [3.63, 3.8) is 0 Å². The summed E-state index contributed by atoms with van der Waals surface area (Å²) in [7, 11) is 3.88. The summed E-state index contributed by atoms with van der Waals surface area (Å²) in [5.74, 6) is -1.31. The van der Waals surface area contributed by atoms with Crippen LogP contribution in [0.25, 0.3) is 0 Å². The number of aliphatic carboxylic acids is 1. The molecule has 1 heterocycles. The molecule has 3 unspecified atom stereocenters. The molecule has 0 saturated carbocycles. The Hall–Kier alpha value is -1.56. The predicted octanol–water partition coefficient (Wildman–Crippen LogP) is 0.751. The number of urea groups is 1. The highest BCUT2D eigenvalue weighted by Gasteiger charge is 2.29. The monoisotopic (exact) mass is 281 g/mol. The molecule has 0 aromatic heterocycles. The fourth-order valence-corrected chi connectivity index (χ4v) is 2.87. The Bertz CT molecular complexity index is 410. The van der Waals surface area contributed by atoms with Crippen LogP contribution in [0.4, 0.5) is 4.79 Å². The van der Waals surface area contributed by atoms with Crippen molar-refractivity contribution in [2.45, 2.75) is 31.3 Å². The number of piperidine rings is 1. The standard InChI is InChI=1S/C14H23N3O3/c1-16-7-3-4-12(9-16)17(2)14(20)15-11-6-5-10(8-11)13(18)19/h5-6,10-12H,3-4,7-9H2,1-2H3,(H,15,20)(H,18,19). The second-order valence-corrected chi connectivity index (χ2v) is 5.79. The molecule has 112 valence electrons. The molecular weight excluding hydrogens is 258 g/mol. The molecule has 6 heteroatoms. The largest absolute Gasteiger partial charge is 0.481 e. The van der Waals surface area contributed by atoms with Crippen molar-refractivity contribution < 1.29 is 14.7 Å². The SMILES string of the molecule is CN1CCCC(N(C)C(=O)NC2C=CC(C(=O)O)C2)C1. The fourth-order valence-electron chi connectivity index (χ4n) is 2.87. The van der Waals surface area contributed by atoms with Crippen molar-refractivity contribution >= 4 is 12.0 Å². The van der Waals surface area contributed by atoms with E-state index in [4.69, 9.17) is 5.11 Å². The maximum absolute atomic E-state index is 12.2. The lowest BCUT2D eigenvalue weighted by Crippen LogP contribution is -2.51. The quantitative estimate of drug-likeness (QED) is 0.749. The second-order valence-electron chi connectivity index (χ2n) is 5.79. The Balaban J connectivity index is 1.83. The van der Waals surface area contributed by atoms with Gasteiger partial charge in [0.05, 0.1) is 12.0 Å². The third kappa shape index (κ3) is 3.50. The van der Waals surface area contributed by atoms with E-state index in [0.717, 1.165) is 25.9 Å². The molecular formula is C14H23N3O3. The molecule has 0 aromatic carbocycles. The Labute approximate surface area is 119 Å². The van der Waals surface area contributed by atoms with Gasteiger partial charge in [0.15, 0.2) is 0 Å². The average Bonchev–Trinajstić information content (AvgIpc) is 2.86. The Morgan fingerprint density at radius 3 is 2.75 bits per heavy atom. The summed E-state index contributed by atoms with van der Waals surface area (Å²) >= 11 is 0. The summed E-state index contributed by atoms with van der Waals surface area (Å²) in [6.07, 6.45) is 5.99. The molecule has 0 radical (unpaired) electrons. The van der Waals surface area contributed by atoms with Gasteiger partial charge < -0.3 is 20.2 Å². The van der Waals surface area contributed by atoms with Crippen molar-refractivity contribution in [1.29, 1.82) is 0 Å². The number of carboxylic acids is 1. The minimum atomic E-state index is -0.833. The smallest absolute Gasteiger partial charge is 0.317 e. The number of rotatable bonds is 3. The minimum Gasteiger partial charge on any atom is -0.481 e. The normalized spacial score (nSPS) is 30.2. The molecule has 1 aliphatic carbocycles. The summed E-state index contributed by atoms with van der Waals surface area (Å²) in [6.45, 7) is 1.97. The van der Waals surface area contributed by atoms with Gasteiger partial charge in [-0.2, -0.15) is 0 Å². The average molecular weight is 281 g/mol. The highest BCUT2D eigenvalue weighted by atomic mass is 16.4. The van der Waals surface area contributed by atoms with Gasteiger partial charge in [-0.15, -0.1) is 0 Å². The van der Waals surface area contributed by atoms with Gasteiger partial charge in [-0.25, -0.2) is 4.79 Å². The number of amides is 2. The zero-order valence-electron chi connectivity index (χ0n) is 12.1. The van der Waals surface area contributed by atoms with E-state index < -0.39 is 11.9 Å². The van der Waals surface area contributed by atoms with Crippen LogP contribution in [0.1, 0.15) is 19.3 Å². The van der Waals surface area contributed by atoms with Crippen molar-refractivity contribution in [2.75, 3.05) is 27.2 Å². The van der Waals surface area contributed by atoms with Crippen LogP contribution >= 0.6 is 0 Å². The zero-order valence-corrected chi connectivity index (χ0v) is 12.1.